The molecule has 1 unspecified atom stereocenters. The van der Waals surface area contributed by atoms with Crippen LogP contribution in [0.1, 0.15) is 18.5 Å². The summed E-state index contributed by atoms with van der Waals surface area (Å²) in [6.45, 7) is 1.90. The van der Waals surface area contributed by atoms with E-state index in [4.69, 9.17) is 11.6 Å². The van der Waals surface area contributed by atoms with Crippen LogP contribution in [-0.4, -0.2) is 29.3 Å². The number of nitro benzene ring substituents is 1. The van der Waals surface area contributed by atoms with E-state index in [1.54, 1.807) is 24.1 Å². The molecule has 1 atom stereocenters. The SMILES string of the molecule is CC(c1cccc([N+](=O)[O-])c1)N(C)CC(=O)Nc1ccc(F)c(Cl)c1. The number of nitrogens with one attached hydrogen (secondary N) is 1. The molecule has 1 N–H and O–H groups in total. The van der Waals surface area contributed by atoms with Crippen molar-refractivity contribution < 1.29 is 14.1 Å². The van der Waals surface area contributed by atoms with Crippen molar-refractivity contribution in [2.75, 3.05) is 18.9 Å². The fraction of sp³-hybridized carbons (Fsp3) is 0.235. The molecular weight excluding hydrogens is 349 g/mol. The van der Waals surface area contributed by atoms with E-state index in [0.29, 0.717) is 5.69 Å². The number of hydrogen-bond donors (Lipinski definition) is 1. The minimum atomic E-state index is -0.559. The number of likely N-dealkylation sites (N-methyl/N-ethyl adjacent to an activating group) is 1. The van der Waals surface area contributed by atoms with Gasteiger partial charge in [-0.05, 0) is 37.7 Å². The third kappa shape index (κ3) is 4.98. The minimum Gasteiger partial charge on any atom is -0.325 e. The molecule has 0 aliphatic heterocycles. The summed E-state index contributed by atoms with van der Waals surface area (Å²) in [6, 6.07) is 10.0. The van der Waals surface area contributed by atoms with Gasteiger partial charge in [-0.1, -0.05) is 23.7 Å². The second-order valence-corrected chi connectivity index (χ2v) is 6.03. The molecule has 0 bridgehead atoms. The van der Waals surface area contributed by atoms with Crippen molar-refractivity contribution in [3.8, 4) is 0 Å². The fourth-order valence-electron chi connectivity index (χ4n) is 2.29. The molecule has 8 heteroatoms. The van der Waals surface area contributed by atoms with Crippen molar-refractivity contribution in [3.05, 3.63) is 69.0 Å². The monoisotopic (exact) mass is 365 g/mol. The summed E-state index contributed by atoms with van der Waals surface area (Å²) >= 11 is 5.68. The van der Waals surface area contributed by atoms with Crippen molar-refractivity contribution in [3.63, 3.8) is 0 Å². The van der Waals surface area contributed by atoms with Gasteiger partial charge in [-0.15, -0.1) is 0 Å². The third-order valence-electron chi connectivity index (χ3n) is 3.82. The van der Waals surface area contributed by atoms with Crippen LogP contribution >= 0.6 is 11.6 Å². The fourth-order valence-corrected chi connectivity index (χ4v) is 2.47. The highest BCUT2D eigenvalue weighted by Gasteiger charge is 2.17. The molecule has 1 amide bonds. The van der Waals surface area contributed by atoms with Crippen molar-refractivity contribution in [1.82, 2.24) is 4.90 Å². The molecule has 25 heavy (non-hydrogen) atoms. The number of rotatable bonds is 6. The molecule has 0 spiro atoms. The Morgan fingerprint density at radius 3 is 2.72 bits per heavy atom. The Morgan fingerprint density at radius 1 is 1.36 bits per heavy atom. The predicted molar refractivity (Wildman–Crippen MR) is 94.2 cm³/mol. The van der Waals surface area contributed by atoms with Crippen LogP contribution in [0, 0.1) is 15.9 Å². The number of anilines is 1. The molecule has 0 saturated carbocycles. The average molecular weight is 366 g/mol. The normalized spacial score (nSPS) is 12.0. The van der Waals surface area contributed by atoms with Crippen molar-refractivity contribution >= 4 is 28.9 Å². The first kappa shape index (κ1) is 18.8. The maximum atomic E-state index is 13.1. The largest absolute Gasteiger partial charge is 0.325 e. The van der Waals surface area contributed by atoms with Gasteiger partial charge in [0.2, 0.25) is 5.91 Å². The van der Waals surface area contributed by atoms with E-state index in [-0.39, 0.29) is 29.2 Å². The number of non-ortho nitro benzene ring substituents is 1. The second-order valence-electron chi connectivity index (χ2n) is 5.62. The van der Waals surface area contributed by atoms with E-state index in [9.17, 15) is 19.3 Å². The summed E-state index contributed by atoms with van der Waals surface area (Å²) in [6.07, 6.45) is 0. The van der Waals surface area contributed by atoms with Crippen LogP contribution in [0.5, 0.6) is 0 Å². The highest BCUT2D eigenvalue weighted by atomic mass is 35.5. The van der Waals surface area contributed by atoms with Gasteiger partial charge in [0, 0.05) is 23.9 Å². The minimum absolute atomic E-state index is 0.00292. The molecule has 2 rings (SSSR count). The van der Waals surface area contributed by atoms with E-state index in [1.165, 1.54) is 30.3 Å². The van der Waals surface area contributed by atoms with Gasteiger partial charge < -0.3 is 5.32 Å². The first-order chi connectivity index (χ1) is 11.8. The lowest BCUT2D eigenvalue weighted by Gasteiger charge is -2.24. The summed E-state index contributed by atoms with van der Waals surface area (Å²) in [7, 11) is 1.74. The maximum absolute atomic E-state index is 13.1. The topological polar surface area (TPSA) is 75.5 Å². The Morgan fingerprint density at radius 2 is 2.08 bits per heavy atom. The van der Waals surface area contributed by atoms with E-state index in [1.807, 2.05) is 6.92 Å². The second kappa shape index (κ2) is 8.04. The van der Waals surface area contributed by atoms with Crippen molar-refractivity contribution in [2.45, 2.75) is 13.0 Å². The molecule has 0 fully saturated rings. The summed E-state index contributed by atoms with van der Waals surface area (Å²) < 4.78 is 13.1. The predicted octanol–water partition coefficient (Wildman–Crippen LogP) is 4.02. The first-order valence-electron chi connectivity index (χ1n) is 7.47. The van der Waals surface area contributed by atoms with Gasteiger partial charge in [0.25, 0.3) is 5.69 Å². The van der Waals surface area contributed by atoms with Gasteiger partial charge in [0.1, 0.15) is 5.82 Å². The number of amides is 1. The molecule has 2 aromatic rings. The highest BCUT2D eigenvalue weighted by Crippen LogP contribution is 2.23. The Bertz CT molecular complexity index is 800. The molecule has 2 aromatic carbocycles. The number of nitrogens with zero attached hydrogens (tertiary/aromatic N) is 2. The number of halogens is 2. The number of hydrogen-bond acceptors (Lipinski definition) is 4. The van der Waals surface area contributed by atoms with E-state index < -0.39 is 10.7 Å². The lowest BCUT2D eigenvalue weighted by Crippen LogP contribution is -2.32. The number of benzene rings is 2. The number of carbonyl (C=O) groups excluding carboxylic acids is 1. The zero-order valence-corrected chi connectivity index (χ0v) is 14.5. The van der Waals surface area contributed by atoms with E-state index in [2.05, 4.69) is 5.32 Å². The maximum Gasteiger partial charge on any atom is 0.269 e. The summed E-state index contributed by atoms with van der Waals surface area (Å²) in [5.74, 6) is -0.862. The summed E-state index contributed by atoms with van der Waals surface area (Å²) in [5.41, 5.74) is 1.13. The van der Waals surface area contributed by atoms with Crippen LogP contribution in [0.3, 0.4) is 0 Å². The van der Waals surface area contributed by atoms with Crippen LogP contribution < -0.4 is 5.32 Å². The lowest BCUT2D eigenvalue weighted by atomic mass is 10.1. The Balaban J connectivity index is 2.01. The van der Waals surface area contributed by atoms with Crippen LogP contribution in [0.25, 0.3) is 0 Å². The van der Waals surface area contributed by atoms with Gasteiger partial charge in [0.05, 0.1) is 16.5 Å². The van der Waals surface area contributed by atoms with Gasteiger partial charge in [-0.25, -0.2) is 4.39 Å². The molecule has 132 valence electrons. The molecule has 0 radical (unpaired) electrons. The highest BCUT2D eigenvalue weighted by molar-refractivity contribution is 6.31. The smallest absolute Gasteiger partial charge is 0.269 e. The standard InChI is InChI=1S/C17H17ClFN3O3/c1-11(12-4-3-5-14(8-12)22(24)25)21(2)10-17(23)20-13-6-7-16(19)15(18)9-13/h3-9,11H,10H2,1-2H3,(H,20,23). The lowest BCUT2D eigenvalue weighted by molar-refractivity contribution is -0.384. The zero-order chi connectivity index (χ0) is 18.6. The zero-order valence-electron chi connectivity index (χ0n) is 13.7. The Labute approximate surface area is 149 Å². The molecule has 6 nitrogen and oxygen atoms in total. The quantitative estimate of drug-likeness (QED) is 0.619. The van der Waals surface area contributed by atoms with Gasteiger partial charge in [-0.2, -0.15) is 0 Å². The Kier molecular flexibility index (Phi) is 6.06. The van der Waals surface area contributed by atoms with Crippen molar-refractivity contribution in [1.29, 1.82) is 0 Å². The van der Waals surface area contributed by atoms with E-state index in [0.717, 1.165) is 5.56 Å². The number of carbonyl (C=O) groups is 1. The van der Waals surface area contributed by atoms with Crippen LogP contribution in [-0.2, 0) is 4.79 Å². The Hall–Kier alpha value is -2.51. The van der Waals surface area contributed by atoms with Crippen LogP contribution in [0.2, 0.25) is 5.02 Å². The first-order valence-corrected chi connectivity index (χ1v) is 7.85. The number of nitro groups is 1. The van der Waals surface area contributed by atoms with Crippen LogP contribution in [0.4, 0.5) is 15.8 Å². The van der Waals surface area contributed by atoms with Gasteiger partial charge in [-0.3, -0.25) is 19.8 Å². The molecule has 0 saturated heterocycles. The molecular formula is C17H17ClFN3O3. The third-order valence-corrected chi connectivity index (χ3v) is 4.11. The molecule has 0 aliphatic rings. The summed E-state index contributed by atoms with van der Waals surface area (Å²) in [5, 5.41) is 13.4. The average Bonchev–Trinajstić information content (AvgIpc) is 2.57. The van der Waals surface area contributed by atoms with Gasteiger partial charge >= 0.3 is 0 Å². The van der Waals surface area contributed by atoms with Gasteiger partial charge in [0.15, 0.2) is 0 Å². The molecule has 0 aliphatic carbocycles. The molecule has 0 heterocycles. The van der Waals surface area contributed by atoms with E-state index >= 15 is 0 Å². The summed E-state index contributed by atoms with van der Waals surface area (Å²) in [4.78, 5) is 24.3. The molecule has 0 aromatic heterocycles. The van der Waals surface area contributed by atoms with Crippen LogP contribution in [0.15, 0.2) is 42.5 Å². The van der Waals surface area contributed by atoms with Crippen molar-refractivity contribution in [2.24, 2.45) is 0 Å².